The van der Waals surface area contributed by atoms with Gasteiger partial charge in [0.1, 0.15) is 16.6 Å². The van der Waals surface area contributed by atoms with Gasteiger partial charge in [-0.15, -0.1) is 11.3 Å². The molecule has 2 fully saturated rings. The van der Waals surface area contributed by atoms with Crippen LogP contribution >= 0.6 is 23.1 Å². The van der Waals surface area contributed by atoms with Crippen molar-refractivity contribution >= 4 is 39.6 Å². The zero-order valence-corrected chi connectivity index (χ0v) is 13.0. The van der Waals surface area contributed by atoms with Gasteiger partial charge in [-0.3, -0.25) is 4.79 Å². The number of carbonyl (C=O) groups is 1. The van der Waals surface area contributed by atoms with E-state index in [2.05, 4.69) is 17.9 Å². The molecule has 1 saturated carbocycles. The monoisotopic (exact) mass is 307 g/mol. The average Bonchev–Trinajstić information content (AvgIpc) is 3.22. The van der Waals surface area contributed by atoms with Crippen LogP contribution in [0.3, 0.4) is 0 Å². The van der Waals surface area contributed by atoms with Gasteiger partial charge in [0.25, 0.3) is 0 Å². The van der Waals surface area contributed by atoms with Crippen LogP contribution in [0.5, 0.6) is 0 Å². The lowest BCUT2D eigenvalue weighted by Crippen LogP contribution is -2.36. The Labute approximate surface area is 126 Å². The number of anilines is 2. The summed E-state index contributed by atoms with van der Waals surface area (Å²) in [5.41, 5.74) is 6.95. The van der Waals surface area contributed by atoms with Crippen LogP contribution in [0.25, 0.3) is 0 Å². The fraction of sp³-hybridized carbons (Fsp3) is 0.571. The molecule has 6 heteroatoms. The maximum atomic E-state index is 12.3. The average molecular weight is 307 g/mol. The van der Waals surface area contributed by atoms with E-state index in [1.54, 1.807) is 0 Å². The maximum absolute atomic E-state index is 12.3. The molecule has 0 bridgehead atoms. The molecule has 2 N–H and O–H groups in total. The van der Waals surface area contributed by atoms with E-state index in [9.17, 15) is 10.1 Å². The van der Waals surface area contributed by atoms with Gasteiger partial charge in [-0.05, 0) is 12.8 Å². The van der Waals surface area contributed by atoms with Gasteiger partial charge in [0, 0.05) is 30.0 Å². The minimum absolute atomic E-state index is 0.134. The highest BCUT2D eigenvalue weighted by molar-refractivity contribution is 8.00. The van der Waals surface area contributed by atoms with Crippen LogP contribution in [0.15, 0.2) is 0 Å². The van der Waals surface area contributed by atoms with Crippen molar-refractivity contribution in [2.24, 2.45) is 5.92 Å². The first-order valence-electron chi connectivity index (χ1n) is 6.85. The maximum Gasteiger partial charge on any atom is 0.178 e. The molecule has 3 rings (SSSR count). The van der Waals surface area contributed by atoms with Gasteiger partial charge in [0.2, 0.25) is 0 Å². The molecule has 106 valence electrons. The largest absolute Gasteiger partial charge is 0.396 e. The summed E-state index contributed by atoms with van der Waals surface area (Å²) in [5.74, 6) is 1.33. The zero-order chi connectivity index (χ0) is 14.3. The summed E-state index contributed by atoms with van der Waals surface area (Å²) in [4.78, 5) is 15.1. The van der Waals surface area contributed by atoms with Gasteiger partial charge < -0.3 is 10.6 Å². The van der Waals surface area contributed by atoms with Gasteiger partial charge >= 0.3 is 0 Å². The number of nitrogen functional groups attached to an aromatic ring is 1. The van der Waals surface area contributed by atoms with E-state index in [4.69, 9.17) is 5.73 Å². The Morgan fingerprint density at radius 1 is 1.50 bits per heavy atom. The fourth-order valence-corrected chi connectivity index (χ4v) is 4.72. The first kappa shape index (κ1) is 13.8. The highest BCUT2D eigenvalue weighted by atomic mass is 32.2. The number of Topliss-reactive ketones (excluding diaryl/α,β-unsaturated/α-hetero) is 1. The summed E-state index contributed by atoms with van der Waals surface area (Å²) in [6.07, 6.45) is 1.93. The van der Waals surface area contributed by atoms with Crippen molar-refractivity contribution < 1.29 is 4.79 Å². The predicted molar refractivity (Wildman–Crippen MR) is 84.6 cm³/mol. The molecule has 1 unspecified atom stereocenters. The number of nitrogens with zero attached hydrogens (tertiary/aromatic N) is 2. The van der Waals surface area contributed by atoms with Crippen LogP contribution in [-0.4, -0.2) is 29.9 Å². The Balaban J connectivity index is 1.95. The van der Waals surface area contributed by atoms with Crippen molar-refractivity contribution in [1.82, 2.24) is 0 Å². The number of thioether (sulfide) groups is 1. The number of nitriles is 1. The Morgan fingerprint density at radius 2 is 2.25 bits per heavy atom. The molecule has 1 aliphatic carbocycles. The summed E-state index contributed by atoms with van der Waals surface area (Å²) in [6, 6.07) is 2.20. The third kappa shape index (κ3) is 2.40. The molecule has 0 aromatic carbocycles. The van der Waals surface area contributed by atoms with Gasteiger partial charge in [-0.2, -0.15) is 17.0 Å². The van der Waals surface area contributed by atoms with Gasteiger partial charge in [-0.25, -0.2) is 0 Å². The van der Waals surface area contributed by atoms with Crippen molar-refractivity contribution in [2.75, 3.05) is 29.5 Å². The van der Waals surface area contributed by atoms with Crippen LogP contribution in [0, 0.1) is 17.2 Å². The van der Waals surface area contributed by atoms with Crippen molar-refractivity contribution in [3.05, 3.63) is 10.4 Å². The summed E-state index contributed by atoms with van der Waals surface area (Å²) >= 11 is 3.36. The molecule has 1 aliphatic heterocycles. The molecular weight excluding hydrogens is 290 g/mol. The second-order valence-corrected chi connectivity index (χ2v) is 7.95. The quantitative estimate of drug-likeness (QED) is 0.870. The van der Waals surface area contributed by atoms with Gasteiger partial charge in [0.15, 0.2) is 5.78 Å². The minimum atomic E-state index is 0.134. The van der Waals surface area contributed by atoms with Crippen LogP contribution < -0.4 is 10.6 Å². The molecule has 2 heterocycles. The Morgan fingerprint density at radius 3 is 2.85 bits per heavy atom. The molecule has 1 aromatic rings. The van der Waals surface area contributed by atoms with E-state index in [1.807, 2.05) is 11.8 Å². The normalized spacial score (nSPS) is 22.6. The van der Waals surface area contributed by atoms with E-state index in [0.717, 1.165) is 36.7 Å². The molecule has 1 atom stereocenters. The Hall–Kier alpha value is -1.19. The topological polar surface area (TPSA) is 70.1 Å². The van der Waals surface area contributed by atoms with E-state index in [-0.39, 0.29) is 11.7 Å². The Bertz CT molecular complexity index is 586. The van der Waals surface area contributed by atoms with Crippen LogP contribution in [-0.2, 0) is 0 Å². The summed E-state index contributed by atoms with van der Waals surface area (Å²) < 4.78 is 0. The van der Waals surface area contributed by atoms with Gasteiger partial charge in [0.05, 0.1) is 10.6 Å². The number of ketones is 1. The number of thiophene rings is 1. The highest BCUT2D eigenvalue weighted by Gasteiger charge is 2.35. The highest BCUT2D eigenvalue weighted by Crippen LogP contribution is 2.43. The summed E-state index contributed by atoms with van der Waals surface area (Å²) in [7, 11) is 0. The molecule has 1 aromatic heterocycles. The lowest BCUT2D eigenvalue weighted by molar-refractivity contribution is 0.0972. The smallest absolute Gasteiger partial charge is 0.178 e. The second-order valence-electron chi connectivity index (χ2n) is 5.40. The van der Waals surface area contributed by atoms with Crippen LogP contribution in [0.1, 0.15) is 35.0 Å². The summed E-state index contributed by atoms with van der Waals surface area (Å²) in [6.45, 7) is 4.02. The number of carbonyl (C=O) groups excluding carboxylic acids is 1. The molecule has 2 aliphatic rings. The predicted octanol–water partition coefficient (Wildman–Crippen LogP) is 2.74. The zero-order valence-electron chi connectivity index (χ0n) is 11.4. The fourth-order valence-electron chi connectivity index (χ4n) is 2.48. The number of hydrogen-bond donors (Lipinski definition) is 1. The molecule has 0 radical (unpaired) electrons. The van der Waals surface area contributed by atoms with Crippen LogP contribution in [0.4, 0.5) is 10.7 Å². The van der Waals surface area contributed by atoms with E-state index >= 15 is 0 Å². The molecule has 4 nitrogen and oxygen atoms in total. The van der Waals surface area contributed by atoms with Crippen molar-refractivity contribution in [3.63, 3.8) is 0 Å². The lowest BCUT2D eigenvalue weighted by atomic mass is 10.1. The third-order valence-electron chi connectivity index (χ3n) is 3.74. The van der Waals surface area contributed by atoms with Gasteiger partial charge in [-0.1, -0.05) is 6.92 Å². The molecule has 1 saturated heterocycles. The third-order valence-corrected chi connectivity index (χ3v) is 6.16. The molecule has 20 heavy (non-hydrogen) atoms. The van der Waals surface area contributed by atoms with E-state index in [1.165, 1.54) is 11.3 Å². The number of rotatable bonds is 3. The Kier molecular flexibility index (Phi) is 3.65. The SMILES string of the molecule is CC1CN(c2sc(C(=O)C3CC3)c(N)c2C#N)CCS1. The molecule has 0 spiro atoms. The first-order valence-corrected chi connectivity index (χ1v) is 8.71. The summed E-state index contributed by atoms with van der Waals surface area (Å²) in [5, 5.41) is 10.8. The van der Waals surface area contributed by atoms with Crippen molar-refractivity contribution in [2.45, 2.75) is 25.0 Å². The molecule has 0 amide bonds. The lowest BCUT2D eigenvalue weighted by Gasteiger charge is -2.31. The first-order chi connectivity index (χ1) is 9.61. The number of hydrogen-bond acceptors (Lipinski definition) is 6. The minimum Gasteiger partial charge on any atom is -0.396 e. The van der Waals surface area contributed by atoms with Crippen molar-refractivity contribution in [1.29, 1.82) is 5.26 Å². The second kappa shape index (κ2) is 5.30. The molecular formula is C14H17N3OS2. The van der Waals surface area contributed by atoms with E-state index < -0.39 is 0 Å². The van der Waals surface area contributed by atoms with Crippen LogP contribution in [0.2, 0.25) is 0 Å². The standard InChI is InChI=1S/C14H17N3OS2/c1-8-7-17(4-5-19-8)14-10(6-15)11(16)13(20-14)12(18)9-2-3-9/h8-9H,2-5,7,16H2,1H3. The van der Waals surface area contributed by atoms with Crippen molar-refractivity contribution in [3.8, 4) is 6.07 Å². The van der Waals surface area contributed by atoms with E-state index in [0.29, 0.717) is 21.4 Å². The number of nitrogens with two attached hydrogens (primary N) is 1.